The first-order valence-corrected chi connectivity index (χ1v) is 6.59. The number of nitrogens with one attached hydrogen (secondary N) is 1. The van der Waals surface area contributed by atoms with Crippen LogP contribution in [0, 0.1) is 11.7 Å². The second-order valence-corrected chi connectivity index (χ2v) is 4.99. The van der Waals surface area contributed by atoms with Gasteiger partial charge in [0.15, 0.2) is 0 Å². The molecule has 0 radical (unpaired) electrons. The molecule has 0 aliphatic heterocycles. The maximum Gasteiger partial charge on any atom is 0.411 e. The van der Waals surface area contributed by atoms with Crippen LogP contribution in [0.2, 0.25) is 0 Å². The van der Waals surface area contributed by atoms with E-state index >= 15 is 0 Å². The van der Waals surface area contributed by atoms with E-state index in [9.17, 15) is 17.6 Å². The molecule has 0 aromatic heterocycles. The summed E-state index contributed by atoms with van der Waals surface area (Å²) in [5.74, 6) is 0.180. The van der Waals surface area contributed by atoms with E-state index in [0.29, 0.717) is 12.5 Å². The zero-order chi connectivity index (χ0) is 14.6. The first-order chi connectivity index (χ1) is 9.46. The number of ether oxygens (including phenoxy) is 1. The first kappa shape index (κ1) is 15.3. The zero-order valence-corrected chi connectivity index (χ0v) is 10.9. The Morgan fingerprint density at radius 1 is 1.20 bits per heavy atom. The smallest absolute Gasteiger partial charge is 0.371 e. The molecule has 0 saturated heterocycles. The van der Waals surface area contributed by atoms with Crippen molar-refractivity contribution in [3.05, 3.63) is 35.6 Å². The highest BCUT2D eigenvalue weighted by atomic mass is 19.4. The minimum atomic E-state index is -4.28. The van der Waals surface area contributed by atoms with Gasteiger partial charge < -0.3 is 10.1 Å². The molecule has 1 aliphatic rings. The van der Waals surface area contributed by atoms with Crippen molar-refractivity contribution < 1.29 is 22.3 Å². The van der Waals surface area contributed by atoms with Gasteiger partial charge in [0, 0.05) is 12.6 Å². The van der Waals surface area contributed by atoms with Gasteiger partial charge in [0.1, 0.15) is 12.4 Å². The maximum absolute atomic E-state index is 12.9. The summed E-state index contributed by atoms with van der Waals surface area (Å²) in [4.78, 5) is 0. The van der Waals surface area contributed by atoms with Gasteiger partial charge in [-0.15, -0.1) is 0 Å². The molecule has 1 N–H and O–H groups in total. The highest BCUT2D eigenvalue weighted by molar-refractivity contribution is 5.21. The second kappa shape index (κ2) is 6.54. The van der Waals surface area contributed by atoms with Crippen LogP contribution in [0.25, 0.3) is 0 Å². The lowest BCUT2D eigenvalue weighted by molar-refractivity contribution is -0.173. The van der Waals surface area contributed by atoms with Gasteiger partial charge in [0.05, 0.1) is 6.61 Å². The third kappa shape index (κ3) is 5.09. The molecule has 1 fully saturated rings. The molecule has 0 bridgehead atoms. The van der Waals surface area contributed by atoms with Crippen molar-refractivity contribution >= 4 is 0 Å². The molecule has 2 nitrogen and oxygen atoms in total. The fourth-order valence-corrected chi connectivity index (χ4v) is 2.13. The topological polar surface area (TPSA) is 21.3 Å². The van der Waals surface area contributed by atoms with Gasteiger partial charge in [-0.3, -0.25) is 0 Å². The van der Waals surface area contributed by atoms with Gasteiger partial charge in [0.2, 0.25) is 0 Å². The van der Waals surface area contributed by atoms with Crippen LogP contribution in [-0.4, -0.2) is 25.9 Å². The number of hydrogen-bond donors (Lipinski definition) is 1. The molecule has 112 valence electrons. The van der Waals surface area contributed by atoms with Crippen molar-refractivity contribution in [3.63, 3.8) is 0 Å². The SMILES string of the molecule is Fc1ccc(C(NCCOCC(F)(F)F)C2CC2)cc1. The molecule has 1 saturated carbocycles. The first-order valence-electron chi connectivity index (χ1n) is 6.59. The third-order valence-electron chi connectivity index (χ3n) is 3.20. The van der Waals surface area contributed by atoms with E-state index in [1.807, 2.05) is 0 Å². The van der Waals surface area contributed by atoms with E-state index in [0.717, 1.165) is 18.4 Å². The van der Waals surface area contributed by atoms with Crippen LogP contribution in [0.5, 0.6) is 0 Å². The minimum Gasteiger partial charge on any atom is -0.371 e. The van der Waals surface area contributed by atoms with Gasteiger partial charge in [-0.25, -0.2) is 4.39 Å². The molecular formula is C14H17F4NO. The summed E-state index contributed by atoms with van der Waals surface area (Å²) in [6.45, 7) is -0.877. The summed E-state index contributed by atoms with van der Waals surface area (Å²) in [6, 6.07) is 6.27. The van der Waals surface area contributed by atoms with E-state index in [4.69, 9.17) is 0 Å². The highest BCUT2D eigenvalue weighted by Crippen LogP contribution is 2.40. The lowest BCUT2D eigenvalue weighted by Gasteiger charge is -2.19. The molecular weight excluding hydrogens is 274 g/mol. The predicted molar refractivity (Wildman–Crippen MR) is 66.7 cm³/mol. The largest absolute Gasteiger partial charge is 0.411 e. The molecule has 0 amide bonds. The fraction of sp³-hybridized carbons (Fsp3) is 0.571. The monoisotopic (exact) mass is 291 g/mol. The molecule has 1 aromatic rings. The summed E-state index contributed by atoms with van der Waals surface area (Å²) in [5.41, 5.74) is 0.963. The van der Waals surface area contributed by atoms with E-state index < -0.39 is 12.8 Å². The lowest BCUT2D eigenvalue weighted by atomic mass is 10.0. The number of hydrogen-bond acceptors (Lipinski definition) is 2. The van der Waals surface area contributed by atoms with Gasteiger partial charge >= 0.3 is 6.18 Å². The quantitative estimate of drug-likeness (QED) is 0.614. The van der Waals surface area contributed by atoms with E-state index in [-0.39, 0.29) is 18.5 Å². The Kier molecular flexibility index (Phi) is 4.99. The molecule has 6 heteroatoms. The number of alkyl halides is 3. The number of rotatable bonds is 7. The summed E-state index contributed by atoms with van der Waals surface area (Å²) in [7, 11) is 0. The molecule has 1 unspecified atom stereocenters. The van der Waals surface area contributed by atoms with Gasteiger partial charge in [0.25, 0.3) is 0 Å². The molecule has 1 atom stereocenters. The van der Waals surface area contributed by atoms with E-state index in [1.165, 1.54) is 12.1 Å². The Morgan fingerprint density at radius 3 is 2.40 bits per heavy atom. The van der Waals surface area contributed by atoms with Crippen LogP contribution < -0.4 is 5.32 Å². The maximum atomic E-state index is 12.9. The third-order valence-corrected chi connectivity index (χ3v) is 3.20. The Bertz CT molecular complexity index is 414. The van der Waals surface area contributed by atoms with Crippen LogP contribution in [0.1, 0.15) is 24.4 Å². The summed E-state index contributed by atoms with van der Waals surface area (Å²) in [6.07, 6.45) is -2.12. The molecule has 0 spiro atoms. The Morgan fingerprint density at radius 2 is 1.85 bits per heavy atom. The molecule has 0 heterocycles. The average molecular weight is 291 g/mol. The Balaban J connectivity index is 1.77. The van der Waals surface area contributed by atoms with E-state index in [2.05, 4.69) is 10.1 Å². The van der Waals surface area contributed by atoms with Crippen molar-refractivity contribution in [2.24, 2.45) is 5.92 Å². The molecule has 20 heavy (non-hydrogen) atoms. The lowest BCUT2D eigenvalue weighted by Crippen LogP contribution is -2.28. The zero-order valence-electron chi connectivity index (χ0n) is 10.9. The summed E-state index contributed by atoms with van der Waals surface area (Å²) < 4.78 is 53.1. The van der Waals surface area contributed by atoms with Crippen molar-refractivity contribution in [2.45, 2.75) is 25.1 Å². The molecule has 1 aromatic carbocycles. The van der Waals surface area contributed by atoms with Crippen LogP contribution >= 0.6 is 0 Å². The van der Waals surface area contributed by atoms with Gasteiger partial charge in [-0.2, -0.15) is 13.2 Å². The van der Waals surface area contributed by atoms with Crippen LogP contribution in [0.15, 0.2) is 24.3 Å². The molecule has 1 aliphatic carbocycles. The van der Waals surface area contributed by atoms with Crippen LogP contribution in [0.4, 0.5) is 17.6 Å². The van der Waals surface area contributed by atoms with Crippen LogP contribution in [0.3, 0.4) is 0 Å². The Labute approximate surface area is 115 Å². The number of benzene rings is 1. The molecule has 2 rings (SSSR count). The van der Waals surface area contributed by atoms with E-state index in [1.54, 1.807) is 12.1 Å². The average Bonchev–Trinajstić information content (AvgIpc) is 3.18. The highest BCUT2D eigenvalue weighted by Gasteiger charge is 2.32. The van der Waals surface area contributed by atoms with Crippen molar-refractivity contribution in [1.82, 2.24) is 5.32 Å². The standard InChI is InChI=1S/C14H17F4NO/c15-12-5-3-11(4-6-12)13(10-1-2-10)19-7-8-20-9-14(16,17)18/h3-6,10,13,19H,1-2,7-9H2. The fourth-order valence-electron chi connectivity index (χ4n) is 2.13. The summed E-state index contributed by atoms with van der Waals surface area (Å²) in [5, 5.41) is 3.19. The van der Waals surface area contributed by atoms with Gasteiger partial charge in [-0.05, 0) is 36.5 Å². The summed E-state index contributed by atoms with van der Waals surface area (Å²) >= 11 is 0. The second-order valence-electron chi connectivity index (χ2n) is 4.99. The predicted octanol–water partition coefficient (Wildman–Crippen LogP) is 3.45. The van der Waals surface area contributed by atoms with Crippen LogP contribution in [-0.2, 0) is 4.74 Å². The number of halogens is 4. The van der Waals surface area contributed by atoms with Gasteiger partial charge in [-0.1, -0.05) is 12.1 Å². The van der Waals surface area contributed by atoms with Crippen molar-refractivity contribution in [1.29, 1.82) is 0 Å². The van der Waals surface area contributed by atoms with Crippen molar-refractivity contribution in [3.8, 4) is 0 Å². The Hall–Kier alpha value is -1.14. The van der Waals surface area contributed by atoms with Crippen molar-refractivity contribution in [2.75, 3.05) is 19.8 Å². The normalized spacial score (nSPS) is 17.2. The minimum absolute atomic E-state index is 0.00389.